The molecule has 6 rings (SSSR count). The molecule has 3 heterocycles. The summed E-state index contributed by atoms with van der Waals surface area (Å²) < 4.78 is 45.2. The van der Waals surface area contributed by atoms with Gasteiger partial charge < -0.3 is 4.74 Å². The summed E-state index contributed by atoms with van der Waals surface area (Å²) in [5.74, 6) is 0.0577. The van der Waals surface area contributed by atoms with Crippen LogP contribution in [0.3, 0.4) is 0 Å². The first-order valence-corrected chi connectivity index (χ1v) is 15.9. The smallest absolute Gasteiger partial charge is 0.266 e. The summed E-state index contributed by atoms with van der Waals surface area (Å²) in [4.78, 5) is 15.3. The van der Waals surface area contributed by atoms with Crippen LogP contribution < -0.4 is 4.74 Å². The monoisotopic (exact) mass is 605 g/mol. The fraction of sp³-hybridized carbons (Fsp3) is 0.167. The van der Waals surface area contributed by atoms with Crippen molar-refractivity contribution in [1.82, 2.24) is 14.7 Å². The number of carbonyl (C=O) groups is 1. The third kappa shape index (κ3) is 5.97. The first-order valence-electron chi connectivity index (χ1n) is 12.9. The third-order valence-electron chi connectivity index (χ3n) is 6.89. The number of sulfone groups is 1. The first-order chi connectivity index (χ1) is 19.8. The minimum atomic E-state index is -3.17. The summed E-state index contributed by atoms with van der Waals surface area (Å²) in [5.41, 5.74) is 3.90. The predicted octanol–water partition coefficient (Wildman–Crippen LogP) is 5.65. The Balaban J connectivity index is 1.29. The molecule has 2 aliphatic heterocycles. The van der Waals surface area contributed by atoms with Gasteiger partial charge in [0.15, 0.2) is 9.84 Å². The van der Waals surface area contributed by atoms with E-state index in [9.17, 15) is 17.6 Å². The molecule has 2 aliphatic rings. The fourth-order valence-corrected chi connectivity index (χ4v) is 7.89. The van der Waals surface area contributed by atoms with Gasteiger partial charge in [0.25, 0.3) is 5.91 Å². The second kappa shape index (κ2) is 11.2. The van der Waals surface area contributed by atoms with E-state index in [0.29, 0.717) is 39.3 Å². The van der Waals surface area contributed by atoms with E-state index in [0.717, 1.165) is 16.8 Å². The number of carbonyl (C=O) groups excluding carboxylic acids is 1. The van der Waals surface area contributed by atoms with Crippen molar-refractivity contribution in [1.29, 1.82) is 0 Å². The van der Waals surface area contributed by atoms with E-state index in [2.05, 4.69) is 0 Å². The number of hydrogen-bond donors (Lipinski definition) is 0. The van der Waals surface area contributed by atoms with Gasteiger partial charge in [-0.25, -0.2) is 17.5 Å². The Bertz CT molecular complexity index is 1750. The molecule has 41 heavy (non-hydrogen) atoms. The zero-order chi connectivity index (χ0) is 28.6. The van der Waals surface area contributed by atoms with E-state index in [1.54, 1.807) is 22.9 Å². The van der Waals surface area contributed by atoms with Crippen molar-refractivity contribution in [3.8, 4) is 22.7 Å². The standard InChI is InChI=1S/C30H24FN3O4S3/c31-23-10-6-20(7-11-23)18-38-26-12-8-21(9-13-26)28-22(17-33(32-28)24-4-2-1-3-5-24)16-27-29(35)34(30(39)40-27)25-14-15-41(36,37)19-25/h1-13,16-17,25H,14-15,18-19H2/b27-16+. The quantitative estimate of drug-likeness (QED) is 0.199. The van der Waals surface area contributed by atoms with Crippen LogP contribution in [0.15, 0.2) is 90.0 Å². The van der Waals surface area contributed by atoms with Crippen LogP contribution in [0.25, 0.3) is 23.0 Å². The molecule has 1 aromatic heterocycles. The Morgan fingerprint density at radius 1 is 1.05 bits per heavy atom. The molecule has 0 radical (unpaired) electrons. The number of nitrogens with zero attached hydrogens (tertiary/aromatic N) is 3. The molecule has 0 saturated carbocycles. The zero-order valence-electron chi connectivity index (χ0n) is 21.6. The maximum atomic E-state index is 13.4. The summed E-state index contributed by atoms with van der Waals surface area (Å²) in [6.45, 7) is 0.303. The van der Waals surface area contributed by atoms with Gasteiger partial charge in [0.1, 0.15) is 22.5 Å². The van der Waals surface area contributed by atoms with Crippen molar-refractivity contribution in [2.45, 2.75) is 19.1 Å². The molecular weight excluding hydrogens is 582 g/mol. The Hall–Kier alpha value is -3.80. The van der Waals surface area contributed by atoms with Crippen molar-refractivity contribution in [3.63, 3.8) is 0 Å². The summed E-state index contributed by atoms with van der Waals surface area (Å²) >= 11 is 6.66. The molecule has 2 saturated heterocycles. The molecule has 0 bridgehead atoms. The molecule has 11 heteroatoms. The maximum Gasteiger partial charge on any atom is 0.266 e. The van der Waals surface area contributed by atoms with Crippen LogP contribution in [-0.2, 0) is 21.2 Å². The second-order valence-electron chi connectivity index (χ2n) is 9.76. The number of rotatable bonds is 7. The summed E-state index contributed by atoms with van der Waals surface area (Å²) in [5, 5.41) is 4.83. The Morgan fingerprint density at radius 2 is 1.78 bits per heavy atom. The topological polar surface area (TPSA) is 81.5 Å². The van der Waals surface area contributed by atoms with Crippen LogP contribution in [0.5, 0.6) is 5.75 Å². The zero-order valence-corrected chi connectivity index (χ0v) is 24.1. The number of amides is 1. The van der Waals surface area contributed by atoms with E-state index in [-0.39, 0.29) is 23.2 Å². The molecule has 208 valence electrons. The lowest BCUT2D eigenvalue weighted by atomic mass is 10.1. The van der Waals surface area contributed by atoms with Crippen molar-refractivity contribution in [2.24, 2.45) is 0 Å². The normalized spacial score (nSPS) is 19.3. The summed E-state index contributed by atoms with van der Waals surface area (Å²) in [6.07, 6.45) is 4.01. The highest BCUT2D eigenvalue weighted by Gasteiger charge is 2.42. The second-order valence-corrected chi connectivity index (χ2v) is 13.7. The minimum absolute atomic E-state index is 0.0609. The van der Waals surface area contributed by atoms with Gasteiger partial charge in [0.2, 0.25) is 0 Å². The number of ether oxygens (including phenoxy) is 1. The van der Waals surface area contributed by atoms with Crippen LogP contribution in [-0.4, -0.2) is 50.9 Å². The van der Waals surface area contributed by atoms with Crippen LogP contribution in [0.2, 0.25) is 0 Å². The lowest BCUT2D eigenvalue weighted by molar-refractivity contribution is -0.123. The third-order valence-corrected chi connectivity index (χ3v) is 9.97. The maximum absolute atomic E-state index is 13.4. The lowest BCUT2D eigenvalue weighted by Gasteiger charge is -2.20. The highest BCUT2D eigenvalue weighted by Crippen LogP contribution is 2.38. The van der Waals surface area contributed by atoms with E-state index >= 15 is 0 Å². The Kier molecular flexibility index (Phi) is 7.50. The fourth-order valence-electron chi connectivity index (χ4n) is 4.80. The van der Waals surface area contributed by atoms with Gasteiger partial charge in [0, 0.05) is 17.3 Å². The van der Waals surface area contributed by atoms with E-state index in [1.807, 2.05) is 60.8 Å². The van der Waals surface area contributed by atoms with Gasteiger partial charge in [0.05, 0.1) is 33.8 Å². The number of thioether (sulfide) groups is 1. The number of thiocarbonyl (C=S) groups is 1. The highest BCUT2D eigenvalue weighted by molar-refractivity contribution is 8.26. The van der Waals surface area contributed by atoms with Gasteiger partial charge in [-0.15, -0.1) is 0 Å². The van der Waals surface area contributed by atoms with E-state index in [1.165, 1.54) is 28.8 Å². The summed E-state index contributed by atoms with van der Waals surface area (Å²) in [7, 11) is -3.17. The van der Waals surface area contributed by atoms with Crippen LogP contribution >= 0.6 is 24.0 Å². The van der Waals surface area contributed by atoms with Crippen molar-refractivity contribution in [3.05, 3.63) is 107 Å². The first kappa shape index (κ1) is 27.4. The van der Waals surface area contributed by atoms with Crippen molar-refractivity contribution in [2.75, 3.05) is 11.5 Å². The molecule has 1 amide bonds. The number of halogens is 1. The van der Waals surface area contributed by atoms with Gasteiger partial charge >= 0.3 is 0 Å². The molecule has 1 atom stereocenters. The van der Waals surface area contributed by atoms with Crippen LogP contribution in [0.1, 0.15) is 17.5 Å². The average molecular weight is 606 g/mol. The van der Waals surface area contributed by atoms with E-state index in [4.69, 9.17) is 22.1 Å². The van der Waals surface area contributed by atoms with Gasteiger partial charge in [-0.05, 0) is 66.6 Å². The minimum Gasteiger partial charge on any atom is -0.489 e. The predicted molar refractivity (Wildman–Crippen MR) is 162 cm³/mol. The molecule has 2 fully saturated rings. The van der Waals surface area contributed by atoms with Gasteiger partial charge in [-0.3, -0.25) is 9.69 Å². The molecule has 0 spiro atoms. The number of benzene rings is 3. The number of para-hydroxylation sites is 1. The lowest BCUT2D eigenvalue weighted by Crippen LogP contribution is -2.39. The number of aromatic nitrogens is 2. The van der Waals surface area contributed by atoms with Crippen LogP contribution in [0.4, 0.5) is 4.39 Å². The Morgan fingerprint density at radius 3 is 2.46 bits per heavy atom. The van der Waals surface area contributed by atoms with Gasteiger partial charge in [-0.2, -0.15) is 5.10 Å². The molecular formula is C30H24FN3O4S3. The highest BCUT2D eigenvalue weighted by atomic mass is 32.2. The van der Waals surface area contributed by atoms with Crippen molar-refractivity contribution >= 4 is 50.1 Å². The van der Waals surface area contributed by atoms with Crippen molar-refractivity contribution < 1.29 is 22.3 Å². The molecule has 4 aromatic rings. The Labute approximate surface area is 246 Å². The molecule has 0 N–H and O–H groups in total. The molecule has 7 nitrogen and oxygen atoms in total. The molecule has 3 aromatic carbocycles. The molecule has 0 aliphatic carbocycles. The molecule has 1 unspecified atom stereocenters. The average Bonchev–Trinajstić information content (AvgIpc) is 3.63. The van der Waals surface area contributed by atoms with E-state index < -0.39 is 15.9 Å². The SMILES string of the molecule is O=C1/C(=C\c2cn(-c3ccccc3)nc2-c2ccc(OCc3ccc(F)cc3)cc2)SC(=S)N1C1CCS(=O)(=O)C1. The largest absolute Gasteiger partial charge is 0.489 e. The summed E-state index contributed by atoms with van der Waals surface area (Å²) in [6, 6.07) is 22.8. The van der Waals surface area contributed by atoms with Gasteiger partial charge in [-0.1, -0.05) is 54.3 Å². The van der Waals surface area contributed by atoms with Crippen LogP contribution in [0, 0.1) is 5.82 Å². The number of hydrogen-bond acceptors (Lipinski definition) is 7.